The molecule has 1 aromatic rings. The van der Waals surface area contributed by atoms with Crippen LogP contribution in [0.25, 0.3) is 0 Å². The van der Waals surface area contributed by atoms with Gasteiger partial charge in [0.2, 0.25) is 0 Å². The minimum atomic E-state index is -0.632. The smallest absolute Gasteiger partial charge is 0.169 e. The van der Waals surface area contributed by atoms with Crippen LogP contribution in [0.3, 0.4) is 0 Å². The Morgan fingerprint density at radius 3 is 2.44 bits per heavy atom. The Bertz CT molecular complexity index is 366. The first-order valence-corrected chi connectivity index (χ1v) is 5.07. The summed E-state index contributed by atoms with van der Waals surface area (Å²) < 4.78 is 24.1. The van der Waals surface area contributed by atoms with E-state index in [0.29, 0.717) is 5.56 Å². The van der Waals surface area contributed by atoms with Crippen LogP contribution in [0, 0.1) is 5.82 Å². The molecule has 0 aliphatic rings. The van der Waals surface area contributed by atoms with Crippen LogP contribution in [0.2, 0.25) is 0 Å². The van der Waals surface area contributed by atoms with Crippen molar-refractivity contribution in [3.63, 3.8) is 0 Å². The van der Waals surface area contributed by atoms with E-state index in [1.54, 1.807) is 25.3 Å². The van der Waals surface area contributed by atoms with E-state index in [9.17, 15) is 4.39 Å². The zero-order valence-electron chi connectivity index (χ0n) is 10.1. The van der Waals surface area contributed by atoms with Gasteiger partial charge in [0.25, 0.3) is 0 Å². The second-order valence-corrected chi connectivity index (χ2v) is 4.15. The maximum atomic E-state index is 13.9. The summed E-state index contributed by atoms with van der Waals surface area (Å²) in [6.45, 7) is 3.63. The predicted molar refractivity (Wildman–Crippen MR) is 61.0 cm³/mol. The molecule has 1 atom stereocenters. The van der Waals surface area contributed by atoms with Crippen molar-refractivity contribution in [2.45, 2.75) is 25.5 Å². The van der Waals surface area contributed by atoms with Crippen molar-refractivity contribution in [1.29, 1.82) is 0 Å². The predicted octanol–water partition coefficient (Wildman–Crippen LogP) is 2.26. The topological polar surface area (TPSA) is 44.5 Å². The summed E-state index contributed by atoms with van der Waals surface area (Å²) in [4.78, 5) is 0. The molecule has 0 radical (unpaired) electrons. The average molecular weight is 227 g/mol. The van der Waals surface area contributed by atoms with Gasteiger partial charge in [-0.15, -0.1) is 0 Å². The van der Waals surface area contributed by atoms with Gasteiger partial charge in [-0.25, -0.2) is 4.39 Å². The molecule has 0 bridgehead atoms. The number of hydrogen-bond acceptors (Lipinski definition) is 3. The average Bonchev–Trinajstić information content (AvgIpc) is 2.28. The van der Waals surface area contributed by atoms with Crippen LogP contribution in [0.5, 0.6) is 5.75 Å². The maximum absolute atomic E-state index is 13.9. The van der Waals surface area contributed by atoms with Crippen LogP contribution in [0.4, 0.5) is 4.39 Å². The van der Waals surface area contributed by atoms with E-state index < -0.39 is 17.5 Å². The molecule has 0 aromatic heterocycles. The van der Waals surface area contributed by atoms with Gasteiger partial charge in [0.15, 0.2) is 11.6 Å². The van der Waals surface area contributed by atoms with Gasteiger partial charge in [-0.1, -0.05) is 12.1 Å². The van der Waals surface area contributed by atoms with Gasteiger partial charge in [-0.05, 0) is 19.9 Å². The van der Waals surface area contributed by atoms with E-state index in [1.807, 2.05) is 13.8 Å². The van der Waals surface area contributed by atoms with Crippen molar-refractivity contribution < 1.29 is 13.9 Å². The summed E-state index contributed by atoms with van der Waals surface area (Å²) in [6, 6.07) is 4.37. The van der Waals surface area contributed by atoms with Crippen molar-refractivity contribution in [2.75, 3.05) is 14.2 Å². The Morgan fingerprint density at radius 1 is 1.31 bits per heavy atom. The molecule has 0 aliphatic carbocycles. The monoisotopic (exact) mass is 227 g/mol. The number of halogens is 1. The van der Waals surface area contributed by atoms with Gasteiger partial charge in [-0.2, -0.15) is 0 Å². The summed E-state index contributed by atoms with van der Waals surface area (Å²) in [5, 5.41) is 0. The molecule has 0 saturated carbocycles. The Morgan fingerprint density at radius 2 is 1.94 bits per heavy atom. The normalized spacial score (nSPS) is 13.6. The molecule has 0 spiro atoms. The summed E-state index contributed by atoms with van der Waals surface area (Å²) in [6.07, 6.45) is 0. The molecule has 0 aliphatic heterocycles. The number of methoxy groups -OCH3 is 2. The molecule has 4 heteroatoms. The Balaban J connectivity index is 3.14. The molecule has 0 heterocycles. The van der Waals surface area contributed by atoms with Crippen LogP contribution in [0.1, 0.15) is 25.5 Å². The molecule has 0 fully saturated rings. The fraction of sp³-hybridized carbons (Fsp3) is 0.500. The second-order valence-electron chi connectivity index (χ2n) is 4.15. The lowest BCUT2D eigenvalue weighted by Crippen LogP contribution is -2.37. The minimum Gasteiger partial charge on any atom is -0.494 e. The van der Waals surface area contributed by atoms with Crippen LogP contribution < -0.4 is 10.5 Å². The lowest BCUT2D eigenvalue weighted by atomic mass is 9.92. The maximum Gasteiger partial charge on any atom is 0.169 e. The highest BCUT2D eigenvalue weighted by atomic mass is 19.1. The van der Waals surface area contributed by atoms with E-state index in [4.69, 9.17) is 15.2 Å². The van der Waals surface area contributed by atoms with Gasteiger partial charge in [0.1, 0.15) is 0 Å². The molecule has 16 heavy (non-hydrogen) atoms. The first-order valence-electron chi connectivity index (χ1n) is 5.07. The third-order valence-electron chi connectivity index (χ3n) is 2.82. The number of nitrogens with two attached hydrogens (primary N) is 1. The molecule has 1 unspecified atom stereocenters. The van der Waals surface area contributed by atoms with E-state index in [-0.39, 0.29) is 5.75 Å². The van der Waals surface area contributed by atoms with Gasteiger partial charge < -0.3 is 15.2 Å². The zero-order valence-corrected chi connectivity index (χ0v) is 10.1. The first kappa shape index (κ1) is 12.9. The number of hydrogen-bond donors (Lipinski definition) is 1. The summed E-state index contributed by atoms with van der Waals surface area (Å²) in [5.41, 5.74) is 5.75. The van der Waals surface area contributed by atoms with Crippen LogP contribution >= 0.6 is 0 Å². The van der Waals surface area contributed by atoms with Crippen LogP contribution in [-0.4, -0.2) is 19.8 Å². The van der Waals surface area contributed by atoms with E-state index in [2.05, 4.69) is 0 Å². The minimum absolute atomic E-state index is 0.194. The summed E-state index contributed by atoms with van der Waals surface area (Å²) in [5.74, 6) is -0.234. The lowest BCUT2D eigenvalue weighted by Gasteiger charge is -2.30. The zero-order chi connectivity index (χ0) is 12.3. The molecule has 2 N–H and O–H groups in total. The first-order chi connectivity index (χ1) is 7.44. The van der Waals surface area contributed by atoms with Crippen molar-refractivity contribution in [3.8, 4) is 5.75 Å². The van der Waals surface area contributed by atoms with Crippen molar-refractivity contribution in [1.82, 2.24) is 0 Å². The molecule has 3 nitrogen and oxygen atoms in total. The molecule has 90 valence electrons. The summed E-state index contributed by atoms with van der Waals surface area (Å²) in [7, 11) is 2.98. The lowest BCUT2D eigenvalue weighted by molar-refractivity contribution is -0.000977. The van der Waals surface area contributed by atoms with Gasteiger partial charge in [-0.3, -0.25) is 0 Å². The highest BCUT2D eigenvalue weighted by Crippen LogP contribution is 2.31. The standard InChI is InChI=1S/C12H18FNO2/c1-12(2,16-4)11(14)8-6-5-7-9(15-3)10(8)13/h5-7,11H,14H2,1-4H3. The fourth-order valence-corrected chi connectivity index (χ4v) is 1.43. The third kappa shape index (κ3) is 2.33. The van der Waals surface area contributed by atoms with Crippen LogP contribution in [0.15, 0.2) is 18.2 Å². The SMILES string of the molecule is COc1cccc(C(N)C(C)(C)OC)c1F. The number of benzene rings is 1. The number of ether oxygens (including phenoxy) is 2. The highest BCUT2D eigenvalue weighted by Gasteiger charge is 2.30. The van der Waals surface area contributed by atoms with Crippen molar-refractivity contribution >= 4 is 0 Å². The van der Waals surface area contributed by atoms with E-state index in [0.717, 1.165) is 0 Å². The second kappa shape index (κ2) is 4.80. The Labute approximate surface area is 95.4 Å². The summed E-state index contributed by atoms with van der Waals surface area (Å²) >= 11 is 0. The fourth-order valence-electron chi connectivity index (χ4n) is 1.43. The van der Waals surface area contributed by atoms with Crippen molar-refractivity contribution in [3.05, 3.63) is 29.6 Å². The van der Waals surface area contributed by atoms with Gasteiger partial charge in [0, 0.05) is 12.7 Å². The van der Waals surface area contributed by atoms with E-state index >= 15 is 0 Å². The van der Waals surface area contributed by atoms with Gasteiger partial charge in [0.05, 0.1) is 18.8 Å². The Hall–Kier alpha value is -1.13. The highest BCUT2D eigenvalue weighted by molar-refractivity contribution is 5.34. The molecule has 1 rings (SSSR count). The third-order valence-corrected chi connectivity index (χ3v) is 2.82. The number of rotatable bonds is 4. The molecular formula is C12H18FNO2. The quantitative estimate of drug-likeness (QED) is 0.858. The van der Waals surface area contributed by atoms with Gasteiger partial charge >= 0.3 is 0 Å². The molecular weight excluding hydrogens is 209 g/mol. The molecule has 0 saturated heterocycles. The molecule has 1 aromatic carbocycles. The van der Waals surface area contributed by atoms with E-state index in [1.165, 1.54) is 7.11 Å². The van der Waals surface area contributed by atoms with Crippen LogP contribution in [-0.2, 0) is 4.74 Å². The largest absolute Gasteiger partial charge is 0.494 e. The van der Waals surface area contributed by atoms with Crippen molar-refractivity contribution in [2.24, 2.45) is 5.73 Å². The Kier molecular flexibility index (Phi) is 3.88. The molecule has 0 amide bonds.